The minimum Gasteiger partial charge on any atom is -0.497 e. The Kier molecular flexibility index (Phi) is 5.77. The highest BCUT2D eigenvalue weighted by molar-refractivity contribution is 7.17. The number of hydrogen-bond donors (Lipinski definition) is 1. The first-order valence-electron chi connectivity index (χ1n) is 10.9. The maximum atomic E-state index is 12.7. The van der Waals surface area contributed by atoms with Crippen molar-refractivity contribution >= 4 is 22.2 Å². The van der Waals surface area contributed by atoms with Gasteiger partial charge in [-0.2, -0.15) is 4.52 Å². The van der Waals surface area contributed by atoms with Crippen LogP contribution >= 0.6 is 11.3 Å². The molecule has 0 radical (unpaired) electrons. The van der Waals surface area contributed by atoms with E-state index in [1.807, 2.05) is 31.2 Å². The number of benzene rings is 1. The van der Waals surface area contributed by atoms with Gasteiger partial charge in [-0.25, -0.2) is 4.98 Å². The van der Waals surface area contributed by atoms with E-state index in [2.05, 4.69) is 15.0 Å². The van der Waals surface area contributed by atoms with E-state index in [0.717, 1.165) is 16.2 Å². The van der Waals surface area contributed by atoms with Crippen LogP contribution in [0.1, 0.15) is 39.8 Å². The smallest absolute Gasteiger partial charge is 0.289 e. The number of nitrogens with zero attached hydrogens (tertiary/aromatic N) is 5. The van der Waals surface area contributed by atoms with Gasteiger partial charge in [-0.15, -0.1) is 5.10 Å². The molecule has 1 atom stereocenters. The Morgan fingerprint density at radius 2 is 2.06 bits per heavy atom. The molecule has 5 rings (SSSR count). The predicted octanol–water partition coefficient (Wildman–Crippen LogP) is 3.21. The molecule has 1 amide bonds. The maximum Gasteiger partial charge on any atom is 0.289 e. The van der Waals surface area contributed by atoms with Crippen molar-refractivity contribution in [3.63, 3.8) is 0 Å². The van der Waals surface area contributed by atoms with Crippen LogP contribution in [0.4, 0.5) is 0 Å². The van der Waals surface area contributed by atoms with Crippen LogP contribution in [0, 0.1) is 0 Å². The third-order valence-electron chi connectivity index (χ3n) is 5.92. The minimum atomic E-state index is -0.223. The van der Waals surface area contributed by atoms with Gasteiger partial charge in [0.05, 0.1) is 24.3 Å². The van der Waals surface area contributed by atoms with Crippen LogP contribution in [0.5, 0.6) is 11.6 Å². The van der Waals surface area contributed by atoms with Crippen molar-refractivity contribution < 1.29 is 19.1 Å². The lowest BCUT2D eigenvalue weighted by molar-refractivity contribution is 0.0567. The van der Waals surface area contributed by atoms with Gasteiger partial charge >= 0.3 is 0 Å². The fraction of sp³-hybridized carbons (Fsp3) is 0.348. The zero-order valence-electron chi connectivity index (χ0n) is 18.5. The number of carbonyl (C=O) groups excluding carboxylic acids is 1. The molecule has 0 unspecified atom stereocenters. The Morgan fingerprint density at radius 3 is 2.73 bits per heavy atom. The largest absolute Gasteiger partial charge is 0.497 e. The highest BCUT2D eigenvalue weighted by Crippen LogP contribution is 2.41. The molecule has 3 aromatic heterocycles. The van der Waals surface area contributed by atoms with Gasteiger partial charge < -0.3 is 19.2 Å². The molecule has 0 saturated carbocycles. The number of carbonyl (C=O) groups is 1. The molecule has 1 aliphatic heterocycles. The van der Waals surface area contributed by atoms with Gasteiger partial charge in [-0.05, 0) is 29.8 Å². The Labute approximate surface area is 194 Å². The van der Waals surface area contributed by atoms with Crippen LogP contribution in [0.3, 0.4) is 0 Å². The van der Waals surface area contributed by atoms with Crippen molar-refractivity contribution in [1.29, 1.82) is 0 Å². The molecule has 9 nitrogen and oxygen atoms in total. The van der Waals surface area contributed by atoms with Crippen LogP contribution in [0.2, 0.25) is 0 Å². The third-order valence-corrected chi connectivity index (χ3v) is 6.99. The number of piperazine rings is 1. The Hall–Kier alpha value is -3.37. The highest BCUT2D eigenvalue weighted by Gasteiger charge is 2.33. The number of aryl methyl sites for hydroxylation is 1. The van der Waals surface area contributed by atoms with Gasteiger partial charge in [0.25, 0.3) is 5.91 Å². The summed E-state index contributed by atoms with van der Waals surface area (Å²) in [4.78, 5) is 22.7. The second-order valence-corrected chi connectivity index (χ2v) is 8.86. The third kappa shape index (κ3) is 3.96. The number of furan rings is 1. The van der Waals surface area contributed by atoms with Gasteiger partial charge in [0.2, 0.25) is 10.8 Å². The van der Waals surface area contributed by atoms with Gasteiger partial charge in [0, 0.05) is 32.6 Å². The van der Waals surface area contributed by atoms with E-state index in [1.54, 1.807) is 24.1 Å². The molecule has 1 aromatic carbocycles. The number of fused-ring (bicyclic) bond motifs is 1. The molecule has 1 aliphatic rings. The summed E-state index contributed by atoms with van der Waals surface area (Å²) in [6.45, 7) is 4.38. The van der Waals surface area contributed by atoms with Crippen molar-refractivity contribution in [3.05, 3.63) is 64.7 Å². The molecule has 1 fully saturated rings. The first-order chi connectivity index (χ1) is 16.1. The molecule has 172 valence electrons. The fourth-order valence-corrected chi connectivity index (χ4v) is 5.33. The lowest BCUT2D eigenvalue weighted by Gasteiger charge is -2.38. The second kappa shape index (κ2) is 8.87. The predicted molar refractivity (Wildman–Crippen MR) is 123 cm³/mol. The Morgan fingerprint density at radius 1 is 1.24 bits per heavy atom. The molecule has 33 heavy (non-hydrogen) atoms. The van der Waals surface area contributed by atoms with Crippen molar-refractivity contribution in [3.8, 4) is 11.6 Å². The van der Waals surface area contributed by atoms with Gasteiger partial charge in [0.15, 0.2) is 11.6 Å². The summed E-state index contributed by atoms with van der Waals surface area (Å²) in [7, 11) is 1.64. The monoisotopic (exact) mass is 467 g/mol. The van der Waals surface area contributed by atoms with E-state index < -0.39 is 0 Å². The summed E-state index contributed by atoms with van der Waals surface area (Å²) in [6, 6.07) is 11.0. The standard InChI is InChI=1S/C23H25N5O4S/c1-3-18-24-23-28(25-18)22(30)20(33-23)19(15-6-4-7-16(14-15)31-2)26-9-11-27(12-10-26)21(29)17-8-5-13-32-17/h4-8,13-14,19,30H,3,9-12H2,1-2H3/t19-/m0/s1. The molecular weight excluding hydrogens is 442 g/mol. The van der Waals surface area contributed by atoms with Crippen molar-refractivity contribution in [2.75, 3.05) is 33.3 Å². The maximum absolute atomic E-state index is 12.7. The molecule has 0 aliphatic carbocycles. The summed E-state index contributed by atoms with van der Waals surface area (Å²) in [5.74, 6) is 1.79. The van der Waals surface area contributed by atoms with Gasteiger partial charge in [-0.1, -0.05) is 30.4 Å². The first kappa shape index (κ1) is 21.5. The number of methoxy groups -OCH3 is 1. The van der Waals surface area contributed by atoms with E-state index in [1.165, 1.54) is 22.1 Å². The topological polar surface area (TPSA) is 96.3 Å². The van der Waals surface area contributed by atoms with E-state index in [-0.39, 0.29) is 17.8 Å². The van der Waals surface area contributed by atoms with E-state index in [0.29, 0.717) is 49.1 Å². The zero-order chi connectivity index (χ0) is 22.9. The Balaban J connectivity index is 1.47. The van der Waals surface area contributed by atoms with Crippen molar-refractivity contribution in [2.24, 2.45) is 0 Å². The molecule has 1 N–H and O–H groups in total. The second-order valence-electron chi connectivity index (χ2n) is 7.85. The Bertz CT molecular complexity index is 1260. The summed E-state index contributed by atoms with van der Waals surface area (Å²) < 4.78 is 12.2. The average molecular weight is 468 g/mol. The zero-order valence-corrected chi connectivity index (χ0v) is 19.3. The number of ether oxygens (including phenoxy) is 1. The molecular formula is C23H25N5O4S. The summed E-state index contributed by atoms with van der Waals surface area (Å²) in [5, 5.41) is 15.5. The van der Waals surface area contributed by atoms with E-state index in [4.69, 9.17) is 9.15 Å². The molecule has 1 saturated heterocycles. The van der Waals surface area contributed by atoms with Gasteiger partial charge in [-0.3, -0.25) is 9.69 Å². The van der Waals surface area contributed by atoms with Crippen LogP contribution in [-0.4, -0.2) is 68.7 Å². The van der Waals surface area contributed by atoms with Crippen LogP contribution in [-0.2, 0) is 6.42 Å². The SMILES string of the molecule is CCc1nc2sc([C@H](c3cccc(OC)c3)N3CCN(C(=O)c4ccco4)CC3)c(O)n2n1. The summed E-state index contributed by atoms with van der Waals surface area (Å²) in [5.41, 5.74) is 0.996. The van der Waals surface area contributed by atoms with E-state index >= 15 is 0 Å². The molecule has 10 heteroatoms. The number of aromatic nitrogens is 3. The number of thiazole rings is 1. The fourth-order valence-electron chi connectivity index (χ4n) is 4.20. The van der Waals surface area contributed by atoms with Gasteiger partial charge in [0.1, 0.15) is 5.75 Å². The number of rotatable bonds is 6. The molecule has 4 heterocycles. The molecule has 4 aromatic rings. The first-order valence-corrected chi connectivity index (χ1v) is 11.7. The van der Waals surface area contributed by atoms with Crippen molar-refractivity contribution in [2.45, 2.75) is 19.4 Å². The lowest BCUT2D eigenvalue weighted by atomic mass is 10.0. The van der Waals surface area contributed by atoms with Crippen LogP contribution < -0.4 is 4.74 Å². The average Bonchev–Trinajstić information content (AvgIpc) is 3.59. The summed E-state index contributed by atoms with van der Waals surface area (Å²) in [6.07, 6.45) is 2.21. The normalized spacial score (nSPS) is 15.8. The molecule has 0 bridgehead atoms. The number of aromatic hydroxyl groups is 1. The number of hydrogen-bond acceptors (Lipinski definition) is 8. The lowest BCUT2D eigenvalue weighted by Crippen LogP contribution is -2.49. The molecule has 0 spiro atoms. The number of amides is 1. The van der Waals surface area contributed by atoms with Crippen LogP contribution in [0.25, 0.3) is 4.96 Å². The van der Waals surface area contributed by atoms with E-state index in [9.17, 15) is 9.90 Å². The van der Waals surface area contributed by atoms with Crippen LogP contribution in [0.15, 0.2) is 47.1 Å². The quantitative estimate of drug-likeness (QED) is 0.465. The highest BCUT2D eigenvalue weighted by atomic mass is 32.1. The summed E-state index contributed by atoms with van der Waals surface area (Å²) >= 11 is 1.44. The van der Waals surface area contributed by atoms with Crippen molar-refractivity contribution in [1.82, 2.24) is 24.4 Å². The minimum absolute atomic E-state index is 0.101.